The van der Waals surface area contributed by atoms with E-state index in [9.17, 15) is 4.79 Å². The predicted octanol–water partition coefficient (Wildman–Crippen LogP) is 6.55. The van der Waals surface area contributed by atoms with Crippen molar-refractivity contribution in [2.75, 3.05) is 6.61 Å². The summed E-state index contributed by atoms with van der Waals surface area (Å²) in [7, 11) is -4.34. The molecular weight excluding hydrogens is 437 g/mol. The largest absolute Gasteiger partial charge is 0.567 e. The maximum atomic E-state index is 12.3. The Morgan fingerprint density at radius 2 is 1.42 bits per heavy atom. The van der Waals surface area contributed by atoms with E-state index >= 15 is 0 Å². The molecule has 0 heterocycles. The molecule has 188 valence electrons. The fourth-order valence-electron chi connectivity index (χ4n) is 3.70. The highest BCUT2D eigenvalue weighted by atomic mass is 31.2. The van der Waals surface area contributed by atoms with Crippen molar-refractivity contribution in [1.82, 2.24) is 5.32 Å². The van der Waals surface area contributed by atoms with Crippen LogP contribution in [0.15, 0.2) is 42.5 Å². The summed E-state index contributed by atoms with van der Waals surface area (Å²) in [5.74, 6) is -0.108. The van der Waals surface area contributed by atoms with Crippen LogP contribution in [0.3, 0.4) is 0 Å². The quantitative estimate of drug-likeness (QED) is 0.0959. The molecule has 7 heteroatoms. The molecule has 1 atom stereocenters. The van der Waals surface area contributed by atoms with Crippen molar-refractivity contribution in [1.29, 1.82) is 0 Å². The second-order valence-electron chi connectivity index (χ2n) is 8.67. The lowest BCUT2D eigenvalue weighted by molar-refractivity contribution is -0.122. The predicted molar refractivity (Wildman–Crippen MR) is 136 cm³/mol. The molecule has 1 rings (SSSR count). The average molecular weight is 483 g/mol. The van der Waals surface area contributed by atoms with Gasteiger partial charge in [0, 0.05) is 6.42 Å². The van der Waals surface area contributed by atoms with Crippen LogP contribution in [0.5, 0.6) is 0 Å². The molecule has 0 bridgehead atoms. The van der Waals surface area contributed by atoms with Crippen LogP contribution in [0.2, 0.25) is 0 Å². The van der Waals surface area contributed by atoms with Crippen molar-refractivity contribution < 1.29 is 24.0 Å². The average Bonchev–Trinajstić information content (AvgIpc) is 2.79. The number of rotatable bonds is 20. The van der Waals surface area contributed by atoms with Gasteiger partial charge < -0.3 is 5.32 Å². The van der Waals surface area contributed by atoms with Gasteiger partial charge >= 0.3 is 8.17 Å². The van der Waals surface area contributed by atoms with E-state index < -0.39 is 14.2 Å². The summed E-state index contributed by atoms with van der Waals surface area (Å²) in [5.41, 5.74) is 0.781. The van der Waals surface area contributed by atoms with E-state index in [0.717, 1.165) is 31.2 Å². The third-order valence-corrected chi connectivity index (χ3v) is 6.11. The summed E-state index contributed by atoms with van der Waals surface area (Å²) in [6, 6.07) is 8.61. The molecular formula is C26H45NO5P+. The summed E-state index contributed by atoms with van der Waals surface area (Å²) in [6.45, 7) is 2.04. The Balaban J connectivity index is 2.10. The van der Waals surface area contributed by atoms with Gasteiger partial charge in [0.15, 0.2) is 0 Å². The summed E-state index contributed by atoms with van der Waals surface area (Å²) in [6.07, 6.45) is 20.8. The number of amides is 1. The molecule has 4 N–H and O–H groups in total. The van der Waals surface area contributed by atoms with Gasteiger partial charge in [-0.25, -0.2) is 0 Å². The molecule has 0 spiro atoms. The third kappa shape index (κ3) is 17.8. The van der Waals surface area contributed by atoms with Gasteiger partial charge in [0.25, 0.3) is 0 Å². The highest BCUT2D eigenvalue weighted by molar-refractivity contribution is 7.53. The van der Waals surface area contributed by atoms with Crippen LogP contribution in [-0.2, 0) is 9.32 Å². The lowest BCUT2D eigenvalue weighted by Gasteiger charge is -2.18. The van der Waals surface area contributed by atoms with Crippen molar-refractivity contribution in [3.8, 4) is 0 Å². The Morgan fingerprint density at radius 1 is 0.879 bits per heavy atom. The van der Waals surface area contributed by atoms with Gasteiger partial charge in [-0.3, -0.25) is 4.79 Å². The number of hydrogen-bond acceptors (Lipinski definition) is 5. The van der Waals surface area contributed by atoms with E-state index in [1.807, 2.05) is 30.3 Å². The number of hydrogen-bond donors (Lipinski definition) is 4. The first-order valence-corrected chi connectivity index (χ1v) is 14.2. The number of nitrogens with one attached hydrogen (secondary N) is 1. The van der Waals surface area contributed by atoms with Gasteiger partial charge in [0.2, 0.25) is 5.91 Å². The van der Waals surface area contributed by atoms with Crippen LogP contribution in [-0.4, -0.2) is 27.2 Å². The van der Waals surface area contributed by atoms with Gasteiger partial charge in [-0.1, -0.05) is 101 Å². The minimum atomic E-state index is -4.34. The highest BCUT2D eigenvalue weighted by Crippen LogP contribution is 2.46. The Kier molecular flexibility index (Phi) is 17.2. The molecule has 0 unspecified atom stereocenters. The van der Waals surface area contributed by atoms with E-state index in [1.165, 1.54) is 57.8 Å². The molecule has 0 saturated carbocycles. The SMILES string of the molecule is CCCCCCCC/C=C\CCCCCCCC(=O)N[C@@H](CO[P+](O)(O)O)c1ccccc1. The summed E-state index contributed by atoms with van der Waals surface area (Å²) in [5, 5.41) is 2.87. The lowest BCUT2D eigenvalue weighted by atomic mass is 10.1. The standard InChI is InChI=1S/C26H44NO5P/c1-2-3-4-5-6-7-8-9-10-11-12-13-14-15-19-22-26(28)27-25(23-32-33(29,30)31)24-20-17-16-18-21-24/h9-10,16-18,20-21,25,29-31H,2-8,11-15,19,22-23H2,1H3/p+1/b10-9-/t25-/m0/s1. The number of benzene rings is 1. The first kappa shape index (κ1) is 29.7. The number of unbranched alkanes of at least 4 members (excludes halogenated alkanes) is 11. The number of carbonyl (C=O) groups excluding carboxylic acids is 1. The maximum Gasteiger partial charge on any atom is 0.567 e. The van der Waals surface area contributed by atoms with Crippen molar-refractivity contribution in [3.05, 3.63) is 48.0 Å². The molecule has 0 aliphatic rings. The molecule has 0 saturated heterocycles. The van der Waals surface area contributed by atoms with E-state index in [1.54, 1.807) is 0 Å². The molecule has 1 amide bonds. The Labute approximate surface area is 201 Å². The van der Waals surface area contributed by atoms with Crippen LogP contribution in [0.1, 0.15) is 108 Å². The highest BCUT2D eigenvalue weighted by Gasteiger charge is 2.34. The first-order valence-electron chi connectivity index (χ1n) is 12.6. The molecule has 0 aliphatic heterocycles. The summed E-state index contributed by atoms with van der Waals surface area (Å²) < 4.78 is 4.74. The molecule has 1 aromatic rings. The fourth-order valence-corrected chi connectivity index (χ4v) is 4.05. The van der Waals surface area contributed by atoms with E-state index in [0.29, 0.717) is 6.42 Å². The van der Waals surface area contributed by atoms with Crippen LogP contribution >= 0.6 is 8.17 Å². The van der Waals surface area contributed by atoms with Crippen molar-refractivity contribution in [3.63, 3.8) is 0 Å². The number of carbonyl (C=O) groups is 1. The van der Waals surface area contributed by atoms with Gasteiger partial charge in [-0.2, -0.15) is 19.2 Å². The molecule has 0 radical (unpaired) electrons. The smallest absolute Gasteiger partial charge is 0.347 e. The van der Waals surface area contributed by atoms with Crippen LogP contribution < -0.4 is 5.32 Å². The van der Waals surface area contributed by atoms with Crippen molar-refractivity contribution in [2.45, 2.75) is 103 Å². The number of allylic oxidation sites excluding steroid dienone is 2. The zero-order valence-electron chi connectivity index (χ0n) is 20.3. The lowest BCUT2D eigenvalue weighted by Crippen LogP contribution is -2.31. The van der Waals surface area contributed by atoms with Crippen LogP contribution in [0.4, 0.5) is 0 Å². The molecule has 0 aromatic heterocycles. The second kappa shape index (κ2) is 19.1. The van der Waals surface area contributed by atoms with Crippen LogP contribution in [0.25, 0.3) is 0 Å². The van der Waals surface area contributed by atoms with Gasteiger partial charge in [0.1, 0.15) is 6.61 Å². The van der Waals surface area contributed by atoms with Crippen LogP contribution in [0, 0.1) is 0 Å². The van der Waals surface area contributed by atoms with Gasteiger partial charge in [-0.15, -0.1) is 0 Å². The topological polar surface area (TPSA) is 99.0 Å². The van der Waals surface area contributed by atoms with E-state index in [-0.39, 0.29) is 12.5 Å². The summed E-state index contributed by atoms with van der Waals surface area (Å²) in [4.78, 5) is 39.6. The molecule has 6 nitrogen and oxygen atoms in total. The Morgan fingerprint density at radius 3 is 2.00 bits per heavy atom. The van der Waals surface area contributed by atoms with E-state index in [4.69, 9.17) is 19.2 Å². The molecule has 0 aliphatic carbocycles. The normalized spacial score (nSPS) is 12.8. The van der Waals surface area contributed by atoms with Gasteiger partial charge in [0.05, 0.1) is 6.04 Å². The summed E-state index contributed by atoms with van der Waals surface area (Å²) >= 11 is 0. The minimum Gasteiger partial charge on any atom is -0.347 e. The van der Waals surface area contributed by atoms with Gasteiger partial charge in [-0.05, 0) is 37.7 Å². The molecule has 1 aromatic carbocycles. The monoisotopic (exact) mass is 482 g/mol. The fraction of sp³-hybridized carbons (Fsp3) is 0.654. The zero-order valence-corrected chi connectivity index (χ0v) is 21.2. The van der Waals surface area contributed by atoms with Crippen molar-refractivity contribution >= 4 is 14.1 Å². The minimum absolute atomic E-state index is 0.108. The van der Waals surface area contributed by atoms with E-state index in [2.05, 4.69) is 24.4 Å². The second-order valence-corrected chi connectivity index (χ2v) is 9.96. The first-order chi connectivity index (χ1) is 15.9. The Hall–Kier alpha value is -1.30. The maximum absolute atomic E-state index is 12.3. The van der Waals surface area contributed by atoms with Crippen molar-refractivity contribution in [2.24, 2.45) is 0 Å². The zero-order chi connectivity index (χ0) is 24.2. The Bertz CT molecular complexity index is 633. The third-order valence-electron chi connectivity index (χ3n) is 5.62. The molecule has 0 fully saturated rings. The molecule has 33 heavy (non-hydrogen) atoms.